The SMILES string of the molecule is CCOC(=O)c1cnc(-c2ccc(Cl)cc2)nc1N1CCN(C)CC1. The van der Waals surface area contributed by atoms with Crippen LogP contribution < -0.4 is 4.90 Å². The van der Waals surface area contributed by atoms with Gasteiger partial charge in [-0.3, -0.25) is 0 Å². The lowest BCUT2D eigenvalue weighted by molar-refractivity contribution is 0.0526. The fraction of sp³-hybridized carbons (Fsp3) is 0.389. The Bertz CT molecular complexity index is 743. The highest BCUT2D eigenvalue weighted by Crippen LogP contribution is 2.25. The molecule has 1 aromatic carbocycles. The Kier molecular flexibility index (Phi) is 5.50. The average Bonchev–Trinajstić information content (AvgIpc) is 2.63. The lowest BCUT2D eigenvalue weighted by Crippen LogP contribution is -2.45. The summed E-state index contributed by atoms with van der Waals surface area (Å²) in [6.07, 6.45) is 1.56. The molecule has 0 amide bonds. The van der Waals surface area contributed by atoms with Crippen LogP contribution in [0.25, 0.3) is 11.4 Å². The van der Waals surface area contributed by atoms with Gasteiger partial charge in [-0.1, -0.05) is 11.6 Å². The fourth-order valence-electron chi connectivity index (χ4n) is 2.72. The van der Waals surface area contributed by atoms with E-state index in [4.69, 9.17) is 16.3 Å². The summed E-state index contributed by atoms with van der Waals surface area (Å²) < 4.78 is 5.17. The van der Waals surface area contributed by atoms with Crippen LogP contribution in [0.1, 0.15) is 17.3 Å². The summed E-state index contributed by atoms with van der Waals surface area (Å²) in [5, 5.41) is 0.659. The molecule has 1 aliphatic heterocycles. The number of ether oxygens (including phenoxy) is 1. The molecule has 1 aliphatic rings. The summed E-state index contributed by atoms with van der Waals surface area (Å²) in [5.74, 6) is 0.809. The smallest absolute Gasteiger partial charge is 0.343 e. The molecule has 2 aromatic rings. The first-order valence-electron chi connectivity index (χ1n) is 8.32. The van der Waals surface area contributed by atoms with E-state index in [2.05, 4.69) is 26.8 Å². The second-order valence-corrected chi connectivity index (χ2v) is 6.39. The number of likely N-dealkylation sites (N-methyl/N-ethyl adjacent to an activating group) is 1. The summed E-state index contributed by atoms with van der Waals surface area (Å²) in [6.45, 7) is 5.56. The van der Waals surface area contributed by atoms with E-state index in [9.17, 15) is 4.79 Å². The number of hydrogen-bond donors (Lipinski definition) is 0. The van der Waals surface area contributed by atoms with Gasteiger partial charge in [-0.05, 0) is 38.2 Å². The molecular formula is C18H21ClN4O2. The third kappa shape index (κ3) is 4.08. The molecule has 1 saturated heterocycles. The summed E-state index contributed by atoms with van der Waals surface area (Å²) in [6, 6.07) is 7.34. The number of carbonyl (C=O) groups excluding carboxylic acids is 1. The summed E-state index contributed by atoms with van der Waals surface area (Å²) in [7, 11) is 2.09. The molecule has 6 nitrogen and oxygen atoms in total. The van der Waals surface area contributed by atoms with Crippen molar-refractivity contribution in [3.63, 3.8) is 0 Å². The highest BCUT2D eigenvalue weighted by Gasteiger charge is 2.23. The number of benzene rings is 1. The zero-order chi connectivity index (χ0) is 17.8. The monoisotopic (exact) mass is 360 g/mol. The van der Waals surface area contributed by atoms with E-state index in [0.717, 1.165) is 31.7 Å². The largest absolute Gasteiger partial charge is 0.462 e. The van der Waals surface area contributed by atoms with Gasteiger partial charge in [0.25, 0.3) is 0 Å². The van der Waals surface area contributed by atoms with Crippen LogP contribution in [-0.4, -0.2) is 60.7 Å². The standard InChI is InChI=1S/C18H21ClN4O2/c1-3-25-18(24)15-12-20-16(13-4-6-14(19)7-5-13)21-17(15)23-10-8-22(2)9-11-23/h4-7,12H,3,8-11H2,1-2H3. The maximum atomic E-state index is 12.3. The lowest BCUT2D eigenvalue weighted by atomic mass is 10.2. The molecule has 0 atom stereocenters. The molecule has 0 spiro atoms. The maximum Gasteiger partial charge on any atom is 0.343 e. The van der Waals surface area contributed by atoms with Crippen molar-refractivity contribution >= 4 is 23.4 Å². The minimum atomic E-state index is -0.390. The lowest BCUT2D eigenvalue weighted by Gasteiger charge is -2.34. The first kappa shape index (κ1) is 17.6. The molecule has 25 heavy (non-hydrogen) atoms. The van der Waals surface area contributed by atoms with Gasteiger partial charge in [0.2, 0.25) is 0 Å². The van der Waals surface area contributed by atoms with Gasteiger partial charge in [0.1, 0.15) is 11.4 Å². The molecule has 0 bridgehead atoms. The Morgan fingerprint density at radius 1 is 1.20 bits per heavy atom. The Labute approximate surface area is 152 Å². The number of anilines is 1. The van der Waals surface area contributed by atoms with Crippen LogP contribution in [0.4, 0.5) is 5.82 Å². The minimum absolute atomic E-state index is 0.319. The van der Waals surface area contributed by atoms with Gasteiger partial charge in [-0.15, -0.1) is 0 Å². The van der Waals surface area contributed by atoms with Gasteiger partial charge < -0.3 is 14.5 Å². The normalized spacial score (nSPS) is 15.2. The van der Waals surface area contributed by atoms with Crippen molar-refractivity contribution in [3.05, 3.63) is 41.0 Å². The third-order valence-electron chi connectivity index (χ3n) is 4.17. The van der Waals surface area contributed by atoms with Gasteiger partial charge in [-0.2, -0.15) is 0 Å². The van der Waals surface area contributed by atoms with E-state index < -0.39 is 0 Å². The number of nitrogens with zero attached hydrogens (tertiary/aromatic N) is 4. The van der Waals surface area contributed by atoms with Crippen LogP contribution in [0.5, 0.6) is 0 Å². The second kappa shape index (κ2) is 7.80. The van der Waals surface area contributed by atoms with Crippen LogP contribution in [0.15, 0.2) is 30.5 Å². The number of aromatic nitrogens is 2. The van der Waals surface area contributed by atoms with Crippen LogP contribution in [0.2, 0.25) is 5.02 Å². The molecule has 7 heteroatoms. The zero-order valence-corrected chi connectivity index (χ0v) is 15.2. The van der Waals surface area contributed by atoms with Crippen LogP contribution >= 0.6 is 11.6 Å². The van der Waals surface area contributed by atoms with E-state index >= 15 is 0 Å². The predicted molar refractivity (Wildman–Crippen MR) is 98.1 cm³/mol. The van der Waals surface area contributed by atoms with E-state index in [0.29, 0.717) is 28.8 Å². The molecule has 3 rings (SSSR count). The van der Waals surface area contributed by atoms with Crippen molar-refractivity contribution in [2.75, 3.05) is 44.7 Å². The van der Waals surface area contributed by atoms with E-state index in [-0.39, 0.29) is 5.97 Å². The Morgan fingerprint density at radius 3 is 2.52 bits per heavy atom. The quantitative estimate of drug-likeness (QED) is 0.781. The molecular weight excluding hydrogens is 340 g/mol. The first-order chi connectivity index (χ1) is 12.1. The van der Waals surface area contributed by atoms with Gasteiger partial charge in [0.05, 0.1) is 6.61 Å². The number of rotatable bonds is 4. The van der Waals surface area contributed by atoms with E-state index in [1.54, 1.807) is 25.3 Å². The summed E-state index contributed by atoms with van der Waals surface area (Å²) in [5.41, 5.74) is 1.26. The number of carbonyl (C=O) groups is 1. The molecule has 0 saturated carbocycles. The van der Waals surface area contributed by atoms with Crippen molar-refractivity contribution in [2.24, 2.45) is 0 Å². The topological polar surface area (TPSA) is 58.6 Å². The molecule has 2 heterocycles. The molecule has 1 fully saturated rings. The minimum Gasteiger partial charge on any atom is -0.462 e. The van der Waals surface area contributed by atoms with Crippen molar-refractivity contribution in [3.8, 4) is 11.4 Å². The molecule has 0 aliphatic carbocycles. The zero-order valence-electron chi connectivity index (χ0n) is 14.4. The van der Waals surface area contributed by atoms with Gasteiger partial charge in [0.15, 0.2) is 5.82 Å². The van der Waals surface area contributed by atoms with Crippen molar-refractivity contribution in [1.29, 1.82) is 0 Å². The number of esters is 1. The highest BCUT2D eigenvalue weighted by atomic mass is 35.5. The van der Waals surface area contributed by atoms with Crippen molar-refractivity contribution in [2.45, 2.75) is 6.92 Å². The van der Waals surface area contributed by atoms with Gasteiger partial charge in [0, 0.05) is 43.0 Å². The molecule has 132 valence electrons. The molecule has 1 aromatic heterocycles. The van der Waals surface area contributed by atoms with Crippen LogP contribution in [-0.2, 0) is 4.74 Å². The molecule has 0 unspecified atom stereocenters. The Morgan fingerprint density at radius 2 is 1.88 bits per heavy atom. The molecule has 0 N–H and O–H groups in total. The maximum absolute atomic E-state index is 12.3. The number of piperazine rings is 1. The Balaban J connectivity index is 1.99. The highest BCUT2D eigenvalue weighted by molar-refractivity contribution is 6.30. The van der Waals surface area contributed by atoms with Crippen molar-refractivity contribution in [1.82, 2.24) is 14.9 Å². The van der Waals surface area contributed by atoms with Crippen LogP contribution in [0, 0.1) is 0 Å². The third-order valence-corrected chi connectivity index (χ3v) is 4.42. The number of halogens is 1. The Hall–Kier alpha value is -2.18. The average molecular weight is 361 g/mol. The van der Waals surface area contributed by atoms with Gasteiger partial charge in [-0.25, -0.2) is 14.8 Å². The van der Waals surface area contributed by atoms with Crippen molar-refractivity contribution < 1.29 is 9.53 Å². The summed E-state index contributed by atoms with van der Waals surface area (Å²) in [4.78, 5) is 25.7. The second-order valence-electron chi connectivity index (χ2n) is 5.95. The van der Waals surface area contributed by atoms with Crippen LogP contribution in [0.3, 0.4) is 0 Å². The summed E-state index contributed by atoms with van der Waals surface area (Å²) >= 11 is 5.95. The van der Waals surface area contributed by atoms with E-state index in [1.807, 2.05) is 12.1 Å². The first-order valence-corrected chi connectivity index (χ1v) is 8.70. The van der Waals surface area contributed by atoms with Gasteiger partial charge >= 0.3 is 5.97 Å². The molecule has 0 radical (unpaired) electrons. The fourth-order valence-corrected chi connectivity index (χ4v) is 2.85. The predicted octanol–water partition coefficient (Wildman–Crippen LogP) is 2.73. The van der Waals surface area contributed by atoms with E-state index in [1.165, 1.54) is 0 Å². The number of hydrogen-bond acceptors (Lipinski definition) is 6.